The van der Waals surface area contributed by atoms with Crippen LogP contribution in [0, 0.1) is 0 Å². The number of carbonyl (C=O) groups excluding carboxylic acids is 1. The smallest absolute Gasteiger partial charge is 0.255 e. The first-order chi connectivity index (χ1) is 18.1. The van der Waals surface area contributed by atoms with Crippen molar-refractivity contribution in [2.45, 2.75) is 70.2 Å². The first kappa shape index (κ1) is 26.8. The van der Waals surface area contributed by atoms with E-state index >= 15 is 0 Å². The molecule has 9 nitrogen and oxygen atoms in total. The lowest BCUT2D eigenvalue weighted by Crippen LogP contribution is -2.38. The van der Waals surface area contributed by atoms with Crippen LogP contribution < -0.4 is 5.32 Å². The summed E-state index contributed by atoms with van der Waals surface area (Å²) in [5.41, 5.74) is 3.71. The number of rotatable bonds is 8. The van der Waals surface area contributed by atoms with Gasteiger partial charge in [0.15, 0.2) is 5.65 Å². The molecule has 1 saturated carbocycles. The van der Waals surface area contributed by atoms with E-state index in [9.17, 15) is 9.90 Å². The number of aliphatic hydroxyl groups is 1. The minimum Gasteiger partial charge on any atom is -0.393 e. The van der Waals surface area contributed by atoms with Crippen molar-refractivity contribution in [3.8, 4) is 11.4 Å². The first-order valence-corrected chi connectivity index (χ1v) is 17.2. The highest BCUT2D eigenvalue weighted by Crippen LogP contribution is 2.30. The SMILES string of the molecule is Cn1nc(-c2cnc3c(n2)c(C(=O)N[C@H]2CC[C@H](O)CC2)cn3COCC[Si](C)(C)C)c2ccc(Cl)cc21. The Kier molecular flexibility index (Phi) is 7.59. The normalized spacial score (nSPS) is 18.4. The molecule has 0 unspecified atom stereocenters. The molecule has 0 radical (unpaired) electrons. The number of nitrogens with one attached hydrogen (secondary N) is 1. The molecule has 3 heterocycles. The summed E-state index contributed by atoms with van der Waals surface area (Å²) in [6, 6.07) is 6.70. The largest absolute Gasteiger partial charge is 0.393 e. The number of hydrogen-bond acceptors (Lipinski definition) is 6. The van der Waals surface area contributed by atoms with Crippen LogP contribution >= 0.6 is 11.6 Å². The number of nitrogens with zero attached hydrogens (tertiary/aromatic N) is 5. The molecule has 3 aromatic heterocycles. The Morgan fingerprint density at radius 3 is 2.74 bits per heavy atom. The van der Waals surface area contributed by atoms with Crippen molar-refractivity contribution >= 4 is 47.6 Å². The quantitative estimate of drug-likeness (QED) is 0.235. The van der Waals surface area contributed by atoms with Crippen LogP contribution in [0.2, 0.25) is 30.7 Å². The van der Waals surface area contributed by atoms with Crippen LogP contribution in [0.5, 0.6) is 0 Å². The molecule has 0 atom stereocenters. The summed E-state index contributed by atoms with van der Waals surface area (Å²) in [5.74, 6) is -0.193. The Balaban J connectivity index is 1.50. The molecule has 2 N–H and O–H groups in total. The van der Waals surface area contributed by atoms with Gasteiger partial charge in [0.2, 0.25) is 0 Å². The molecule has 1 aromatic carbocycles. The van der Waals surface area contributed by atoms with Gasteiger partial charge < -0.3 is 19.7 Å². The Labute approximate surface area is 228 Å². The van der Waals surface area contributed by atoms with E-state index in [4.69, 9.17) is 26.3 Å². The van der Waals surface area contributed by atoms with Gasteiger partial charge in [-0.1, -0.05) is 31.2 Å². The van der Waals surface area contributed by atoms with Gasteiger partial charge in [0, 0.05) is 44.4 Å². The minimum atomic E-state index is -1.22. The van der Waals surface area contributed by atoms with Crippen molar-refractivity contribution in [2.24, 2.45) is 7.05 Å². The van der Waals surface area contributed by atoms with Gasteiger partial charge in [-0.15, -0.1) is 0 Å². The predicted octanol–water partition coefficient (Wildman–Crippen LogP) is 4.98. The Morgan fingerprint density at radius 2 is 2.00 bits per heavy atom. The van der Waals surface area contributed by atoms with Crippen molar-refractivity contribution in [1.82, 2.24) is 29.6 Å². The second-order valence-electron chi connectivity index (χ2n) is 11.4. The molecule has 1 amide bonds. The summed E-state index contributed by atoms with van der Waals surface area (Å²) in [6.45, 7) is 7.90. The van der Waals surface area contributed by atoms with Crippen LogP contribution in [-0.4, -0.2) is 62.2 Å². The van der Waals surface area contributed by atoms with Gasteiger partial charge in [-0.05, 0) is 49.9 Å². The molecule has 5 rings (SSSR count). The number of carbonyl (C=O) groups is 1. The predicted molar refractivity (Wildman–Crippen MR) is 152 cm³/mol. The fourth-order valence-electron chi connectivity index (χ4n) is 4.87. The van der Waals surface area contributed by atoms with Crippen LogP contribution in [0.15, 0.2) is 30.6 Å². The third-order valence-electron chi connectivity index (χ3n) is 7.12. The average molecular weight is 555 g/mol. The second-order valence-corrected chi connectivity index (χ2v) is 17.5. The zero-order valence-electron chi connectivity index (χ0n) is 22.4. The zero-order chi connectivity index (χ0) is 27.0. The zero-order valence-corrected chi connectivity index (χ0v) is 24.1. The Bertz CT molecular complexity index is 1470. The Hall–Kier alpha value is -2.79. The standard InChI is InChI=1S/C27H35ClN6O3Si/c1-33-23-13-17(28)5-10-20(23)24(32-33)22-14-29-26-25(31-22)21(15-34(26)16-37-11-12-38(2,3)4)27(36)30-18-6-8-19(35)9-7-18/h5,10,13-15,18-19,35H,6-9,11-12,16H2,1-4H3,(H,30,36)/t18-,19-. The Morgan fingerprint density at radius 1 is 1.24 bits per heavy atom. The highest BCUT2D eigenvalue weighted by atomic mass is 35.5. The van der Waals surface area contributed by atoms with Crippen LogP contribution in [0.25, 0.3) is 33.5 Å². The minimum absolute atomic E-state index is 0.0259. The van der Waals surface area contributed by atoms with Gasteiger partial charge in [-0.2, -0.15) is 5.10 Å². The van der Waals surface area contributed by atoms with E-state index in [2.05, 4.69) is 30.1 Å². The molecular weight excluding hydrogens is 520 g/mol. The van der Waals surface area contributed by atoms with Crippen LogP contribution in [0.3, 0.4) is 0 Å². The number of aryl methyl sites for hydroxylation is 1. The fraction of sp³-hybridized carbons (Fsp3) is 0.481. The molecule has 0 spiro atoms. The van der Waals surface area contributed by atoms with Gasteiger partial charge in [-0.3, -0.25) is 9.48 Å². The van der Waals surface area contributed by atoms with E-state index in [0.717, 1.165) is 29.8 Å². The molecule has 202 valence electrons. The number of amides is 1. The van der Waals surface area contributed by atoms with Crippen LogP contribution in [0.4, 0.5) is 0 Å². The summed E-state index contributed by atoms with van der Waals surface area (Å²) < 4.78 is 9.61. The van der Waals surface area contributed by atoms with E-state index in [0.29, 0.717) is 59.3 Å². The molecule has 0 bridgehead atoms. The van der Waals surface area contributed by atoms with E-state index < -0.39 is 8.07 Å². The van der Waals surface area contributed by atoms with Crippen LogP contribution in [0.1, 0.15) is 36.0 Å². The first-order valence-electron chi connectivity index (χ1n) is 13.1. The van der Waals surface area contributed by atoms with Gasteiger partial charge in [0.05, 0.1) is 23.4 Å². The summed E-state index contributed by atoms with van der Waals surface area (Å²) in [6.07, 6.45) is 6.09. The molecule has 1 fully saturated rings. The molecule has 0 saturated heterocycles. The highest BCUT2D eigenvalue weighted by molar-refractivity contribution is 6.76. The third kappa shape index (κ3) is 5.78. The molecule has 4 aromatic rings. The van der Waals surface area contributed by atoms with Crippen molar-refractivity contribution in [3.63, 3.8) is 0 Å². The van der Waals surface area contributed by atoms with Gasteiger partial charge in [0.25, 0.3) is 5.91 Å². The van der Waals surface area contributed by atoms with Crippen molar-refractivity contribution in [3.05, 3.63) is 41.2 Å². The molecule has 11 heteroatoms. The van der Waals surface area contributed by atoms with Gasteiger partial charge in [0.1, 0.15) is 23.6 Å². The summed E-state index contributed by atoms with van der Waals surface area (Å²) in [4.78, 5) is 23.1. The van der Waals surface area contributed by atoms with Crippen molar-refractivity contribution in [1.29, 1.82) is 0 Å². The van der Waals surface area contributed by atoms with E-state index in [1.165, 1.54) is 0 Å². The van der Waals surface area contributed by atoms with Crippen LogP contribution in [-0.2, 0) is 18.5 Å². The second kappa shape index (κ2) is 10.8. The number of halogens is 1. The summed E-state index contributed by atoms with van der Waals surface area (Å²) in [5, 5.41) is 19.2. The molecule has 38 heavy (non-hydrogen) atoms. The number of fused-ring (bicyclic) bond motifs is 2. The number of aromatic nitrogens is 5. The average Bonchev–Trinajstić information content (AvgIpc) is 3.40. The lowest BCUT2D eigenvalue weighted by molar-refractivity contribution is 0.0858. The van der Waals surface area contributed by atoms with Crippen molar-refractivity contribution < 1.29 is 14.6 Å². The number of benzene rings is 1. The summed E-state index contributed by atoms with van der Waals surface area (Å²) in [7, 11) is 0.641. The molecule has 1 aliphatic carbocycles. The fourth-order valence-corrected chi connectivity index (χ4v) is 5.80. The number of aliphatic hydroxyl groups excluding tert-OH is 1. The lowest BCUT2D eigenvalue weighted by Gasteiger charge is -2.26. The van der Waals surface area contributed by atoms with E-state index in [1.807, 2.05) is 29.8 Å². The highest BCUT2D eigenvalue weighted by Gasteiger charge is 2.25. The maximum atomic E-state index is 13.5. The molecule has 0 aliphatic heterocycles. The molecule has 1 aliphatic rings. The maximum absolute atomic E-state index is 13.5. The van der Waals surface area contributed by atoms with Crippen molar-refractivity contribution in [2.75, 3.05) is 6.61 Å². The molecular formula is C27H35ClN6O3Si. The van der Waals surface area contributed by atoms with Gasteiger partial charge in [-0.25, -0.2) is 9.97 Å². The topological polar surface area (TPSA) is 107 Å². The monoisotopic (exact) mass is 554 g/mol. The summed E-state index contributed by atoms with van der Waals surface area (Å²) >= 11 is 6.21. The lowest BCUT2D eigenvalue weighted by atomic mass is 9.93. The number of hydrogen-bond donors (Lipinski definition) is 2. The van der Waals surface area contributed by atoms with E-state index in [-0.39, 0.29) is 18.1 Å². The number of ether oxygens (including phenoxy) is 1. The third-order valence-corrected chi connectivity index (χ3v) is 9.06. The van der Waals surface area contributed by atoms with E-state index in [1.54, 1.807) is 17.1 Å². The van der Waals surface area contributed by atoms with Gasteiger partial charge >= 0.3 is 0 Å². The maximum Gasteiger partial charge on any atom is 0.255 e.